The lowest BCUT2D eigenvalue weighted by atomic mass is 10.1. The Hall–Kier alpha value is -3.02. The van der Waals surface area contributed by atoms with Crippen LogP contribution in [0.2, 0.25) is 0 Å². The summed E-state index contributed by atoms with van der Waals surface area (Å²) in [5, 5.41) is 17.1. The van der Waals surface area contributed by atoms with Gasteiger partial charge in [-0.15, -0.1) is 0 Å². The van der Waals surface area contributed by atoms with Gasteiger partial charge in [0.1, 0.15) is 17.2 Å². The summed E-state index contributed by atoms with van der Waals surface area (Å²) in [6, 6.07) is 12.4. The topological polar surface area (TPSA) is 82.4 Å². The van der Waals surface area contributed by atoms with Gasteiger partial charge in [-0.3, -0.25) is 9.89 Å². The van der Waals surface area contributed by atoms with Gasteiger partial charge < -0.3 is 14.4 Å². The first-order chi connectivity index (χ1) is 12.7. The standard InChI is InChI=1S/C20H21N3O3/c24-18-9-4-3-7-14(18)15-13-16(22-21-15)20(25)23-11-5-1-2-8-17(23)19-10-6-12-26-19/h3-4,6-7,9-10,12-13,17,24H,1-2,5,8,11H2,(H,21,22)/t17-/m1/s1. The highest BCUT2D eigenvalue weighted by atomic mass is 16.3. The second-order valence-corrected chi connectivity index (χ2v) is 6.56. The lowest BCUT2D eigenvalue weighted by Crippen LogP contribution is -2.34. The molecule has 1 aliphatic heterocycles. The fourth-order valence-electron chi connectivity index (χ4n) is 3.54. The number of nitrogens with zero attached hydrogens (tertiary/aromatic N) is 2. The van der Waals surface area contributed by atoms with Gasteiger partial charge >= 0.3 is 0 Å². The maximum atomic E-state index is 13.1. The Kier molecular flexibility index (Phi) is 4.48. The third-order valence-corrected chi connectivity index (χ3v) is 4.87. The van der Waals surface area contributed by atoms with Crippen LogP contribution >= 0.6 is 0 Å². The summed E-state index contributed by atoms with van der Waals surface area (Å²) in [5.74, 6) is 0.865. The summed E-state index contributed by atoms with van der Waals surface area (Å²) in [5.41, 5.74) is 1.57. The first-order valence-electron chi connectivity index (χ1n) is 8.92. The van der Waals surface area contributed by atoms with Crippen molar-refractivity contribution in [3.63, 3.8) is 0 Å². The predicted molar refractivity (Wildman–Crippen MR) is 96.6 cm³/mol. The Morgan fingerprint density at radius 2 is 2.08 bits per heavy atom. The third-order valence-electron chi connectivity index (χ3n) is 4.87. The Balaban J connectivity index is 1.63. The van der Waals surface area contributed by atoms with Crippen molar-refractivity contribution in [2.45, 2.75) is 31.7 Å². The quantitative estimate of drug-likeness (QED) is 0.743. The SMILES string of the molecule is O=C(c1cc(-c2ccccc2O)n[nH]1)N1CCCCC[C@@H]1c1ccco1. The number of furan rings is 1. The molecule has 1 saturated heterocycles. The molecular formula is C20H21N3O3. The first kappa shape index (κ1) is 16.4. The molecule has 3 aromatic rings. The maximum Gasteiger partial charge on any atom is 0.272 e. The predicted octanol–water partition coefficient (Wildman–Crippen LogP) is 4.13. The summed E-state index contributed by atoms with van der Waals surface area (Å²) in [7, 11) is 0. The number of H-pyrrole nitrogens is 1. The number of rotatable bonds is 3. The number of benzene rings is 1. The third kappa shape index (κ3) is 3.10. The molecule has 1 atom stereocenters. The van der Waals surface area contributed by atoms with Gasteiger partial charge in [0, 0.05) is 12.1 Å². The van der Waals surface area contributed by atoms with Crippen molar-refractivity contribution in [1.82, 2.24) is 15.1 Å². The van der Waals surface area contributed by atoms with Crippen LogP contribution in [0, 0.1) is 0 Å². The number of amides is 1. The van der Waals surface area contributed by atoms with E-state index in [1.165, 1.54) is 0 Å². The molecule has 2 aromatic heterocycles. The Labute approximate surface area is 151 Å². The molecule has 3 heterocycles. The van der Waals surface area contributed by atoms with Crippen molar-refractivity contribution in [1.29, 1.82) is 0 Å². The maximum absolute atomic E-state index is 13.1. The van der Waals surface area contributed by atoms with Crippen molar-refractivity contribution in [2.75, 3.05) is 6.54 Å². The van der Waals surface area contributed by atoms with Gasteiger partial charge in [0.25, 0.3) is 5.91 Å². The van der Waals surface area contributed by atoms with E-state index in [0.29, 0.717) is 23.5 Å². The zero-order valence-corrected chi connectivity index (χ0v) is 14.4. The molecule has 6 nitrogen and oxygen atoms in total. The average Bonchev–Trinajstić information content (AvgIpc) is 3.30. The molecule has 0 radical (unpaired) electrons. The Bertz CT molecular complexity index is 885. The molecule has 1 amide bonds. The summed E-state index contributed by atoms with van der Waals surface area (Å²) >= 11 is 0. The lowest BCUT2D eigenvalue weighted by Gasteiger charge is -2.28. The van der Waals surface area contributed by atoms with Crippen molar-refractivity contribution < 1.29 is 14.3 Å². The van der Waals surface area contributed by atoms with Crippen molar-refractivity contribution in [3.8, 4) is 17.0 Å². The molecule has 1 fully saturated rings. The van der Waals surface area contributed by atoms with Crippen LogP contribution in [-0.4, -0.2) is 32.7 Å². The minimum Gasteiger partial charge on any atom is -0.507 e. The molecule has 0 unspecified atom stereocenters. The van der Waals surface area contributed by atoms with Crippen molar-refractivity contribution >= 4 is 5.91 Å². The van der Waals surface area contributed by atoms with E-state index >= 15 is 0 Å². The highest BCUT2D eigenvalue weighted by Crippen LogP contribution is 2.32. The number of aromatic nitrogens is 2. The highest BCUT2D eigenvalue weighted by molar-refractivity contribution is 5.93. The number of hydrogen-bond donors (Lipinski definition) is 2. The molecule has 1 aliphatic rings. The summed E-state index contributed by atoms with van der Waals surface area (Å²) < 4.78 is 5.58. The summed E-state index contributed by atoms with van der Waals surface area (Å²) in [6.45, 7) is 0.690. The van der Waals surface area contributed by atoms with Gasteiger partial charge in [-0.25, -0.2) is 0 Å². The zero-order valence-electron chi connectivity index (χ0n) is 14.4. The number of para-hydroxylation sites is 1. The molecule has 4 rings (SSSR count). The van der Waals surface area contributed by atoms with E-state index in [4.69, 9.17) is 4.42 Å². The smallest absolute Gasteiger partial charge is 0.272 e. The van der Waals surface area contributed by atoms with Crippen LogP contribution in [0.4, 0.5) is 0 Å². The number of phenols is 1. The first-order valence-corrected chi connectivity index (χ1v) is 8.92. The van der Waals surface area contributed by atoms with Gasteiger partial charge in [-0.2, -0.15) is 5.10 Å². The van der Waals surface area contributed by atoms with Gasteiger partial charge in [0.2, 0.25) is 0 Å². The highest BCUT2D eigenvalue weighted by Gasteiger charge is 2.30. The van der Waals surface area contributed by atoms with E-state index in [-0.39, 0.29) is 17.7 Å². The minimum atomic E-state index is -0.0949. The van der Waals surface area contributed by atoms with E-state index in [2.05, 4.69) is 10.2 Å². The second kappa shape index (κ2) is 7.07. The lowest BCUT2D eigenvalue weighted by molar-refractivity contribution is 0.0652. The molecule has 26 heavy (non-hydrogen) atoms. The van der Waals surface area contributed by atoms with Crippen LogP contribution in [0.25, 0.3) is 11.3 Å². The molecule has 0 bridgehead atoms. The Morgan fingerprint density at radius 3 is 2.88 bits per heavy atom. The number of nitrogens with one attached hydrogen (secondary N) is 1. The molecule has 1 aromatic carbocycles. The Morgan fingerprint density at radius 1 is 1.19 bits per heavy atom. The minimum absolute atomic E-state index is 0.0584. The fourth-order valence-corrected chi connectivity index (χ4v) is 3.54. The van der Waals surface area contributed by atoms with Crippen LogP contribution in [-0.2, 0) is 0 Å². The van der Waals surface area contributed by atoms with Crippen LogP contribution in [0.5, 0.6) is 5.75 Å². The fraction of sp³-hybridized carbons (Fsp3) is 0.300. The van der Waals surface area contributed by atoms with Crippen LogP contribution in [0.15, 0.2) is 53.1 Å². The van der Waals surface area contributed by atoms with Crippen LogP contribution in [0.3, 0.4) is 0 Å². The molecule has 134 valence electrons. The van der Waals surface area contributed by atoms with E-state index in [9.17, 15) is 9.90 Å². The average molecular weight is 351 g/mol. The largest absolute Gasteiger partial charge is 0.507 e. The van der Waals surface area contributed by atoms with E-state index < -0.39 is 0 Å². The monoisotopic (exact) mass is 351 g/mol. The molecular weight excluding hydrogens is 330 g/mol. The van der Waals surface area contributed by atoms with E-state index in [1.807, 2.05) is 23.1 Å². The number of aromatic hydroxyl groups is 1. The van der Waals surface area contributed by atoms with Crippen LogP contribution < -0.4 is 0 Å². The van der Waals surface area contributed by atoms with Crippen molar-refractivity contribution in [3.05, 3.63) is 60.2 Å². The number of hydrogen-bond acceptors (Lipinski definition) is 4. The normalized spacial score (nSPS) is 17.8. The number of carbonyl (C=O) groups is 1. The molecule has 0 spiro atoms. The number of aromatic amines is 1. The van der Waals surface area contributed by atoms with E-state index in [1.54, 1.807) is 30.5 Å². The molecule has 2 N–H and O–H groups in total. The van der Waals surface area contributed by atoms with Gasteiger partial charge in [-0.05, 0) is 43.2 Å². The molecule has 6 heteroatoms. The van der Waals surface area contributed by atoms with Crippen molar-refractivity contribution in [2.24, 2.45) is 0 Å². The van der Waals surface area contributed by atoms with Crippen LogP contribution in [0.1, 0.15) is 48.0 Å². The summed E-state index contributed by atoms with van der Waals surface area (Å²) in [4.78, 5) is 15.0. The number of phenolic OH excluding ortho intramolecular Hbond substituents is 1. The number of likely N-dealkylation sites (tertiary alicyclic amines) is 1. The second-order valence-electron chi connectivity index (χ2n) is 6.56. The van der Waals surface area contributed by atoms with Gasteiger partial charge in [0.15, 0.2) is 0 Å². The van der Waals surface area contributed by atoms with Gasteiger partial charge in [-0.1, -0.05) is 25.0 Å². The zero-order chi connectivity index (χ0) is 17.9. The van der Waals surface area contributed by atoms with E-state index in [0.717, 1.165) is 31.4 Å². The van der Waals surface area contributed by atoms with Gasteiger partial charge in [0.05, 0.1) is 18.0 Å². The number of carbonyl (C=O) groups excluding carboxylic acids is 1. The molecule has 0 saturated carbocycles. The summed E-state index contributed by atoms with van der Waals surface area (Å²) in [6.07, 6.45) is 5.69. The molecule has 0 aliphatic carbocycles.